The van der Waals surface area contributed by atoms with Gasteiger partial charge in [0.2, 0.25) is 0 Å². The van der Waals surface area contributed by atoms with E-state index < -0.39 is 0 Å². The molecule has 0 aliphatic heterocycles. The highest BCUT2D eigenvalue weighted by Crippen LogP contribution is 2.32. The van der Waals surface area contributed by atoms with Crippen LogP contribution in [0.15, 0.2) is 24.5 Å². The van der Waals surface area contributed by atoms with Gasteiger partial charge in [-0.15, -0.1) is 0 Å². The molecule has 0 aliphatic carbocycles. The molecule has 0 radical (unpaired) electrons. The van der Waals surface area contributed by atoms with E-state index in [9.17, 15) is 0 Å². The Labute approximate surface area is 117 Å². The monoisotopic (exact) mass is 276 g/mol. The molecule has 5 heteroatoms. The lowest BCUT2D eigenvalue weighted by Gasteiger charge is -2.11. The van der Waals surface area contributed by atoms with Gasteiger partial charge in [0.05, 0.1) is 26.2 Å². The summed E-state index contributed by atoms with van der Waals surface area (Å²) in [6.07, 6.45) is 2.44. The van der Waals surface area contributed by atoms with Crippen LogP contribution < -0.4 is 9.47 Å². The summed E-state index contributed by atoms with van der Waals surface area (Å²) in [4.78, 5) is 7.28. The maximum absolute atomic E-state index is 5.32. The van der Waals surface area contributed by atoms with Crippen molar-refractivity contribution < 1.29 is 9.47 Å². The summed E-state index contributed by atoms with van der Waals surface area (Å²) < 4.78 is 11.2. The first kappa shape index (κ1) is 13.5. The summed E-state index contributed by atoms with van der Waals surface area (Å²) in [5.41, 5.74) is 3.01. The van der Waals surface area contributed by atoms with Crippen molar-refractivity contribution in [1.82, 2.24) is 9.97 Å². The standard InChI is InChI=1S/C14H16N2O2S/c1-4-10-13(15-8-16-14(10)19)9-5-6-11(17-2)12(7-9)18-3/h5-8H,4H2,1-3H3,(H,15,16,19). The van der Waals surface area contributed by atoms with E-state index >= 15 is 0 Å². The molecule has 0 bridgehead atoms. The average molecular weight is 276 g/mol. The van der Waals surface area contributed by atoms with E-state index in [4.69, 9.17) is 21.7 Å². The van der Waals surface area contributed by atoms with Gasteiger partial charge >= 0.3 is 0 Å². The second kappa shape index (κ2) is 5.84. The van der Waals surface area contributed by atoms with Crippen LogP contribution in [-0.2, 0) is 6.42 Å². The fourth-order valence-electron chi connectivity index (χ4n) is 2.00. The maximum Gasteiger partial charge on any atom is 0.161 e. The summed E-state index contributed by atoms with van der Waals surface area (Å²) >= 11 is 5.26. The van der Waals surface area contributed by atoms with E-state index in [-0.39, 0.29) is 0 Å². The number of aromatic nitrogens is 2. The highest BCUT2D eigenvalue weighted by molar-refractivity contribution is 7.71. The lowest BCUT2D eigenvalue weighted by molar-refractivity contribution is 0.355. The Kier molecular flexibility index (Phi) is 4.16. The first-order chi connectivity index (χ1) is 9.21. The van der Waals surface area contributed by atoms with Gasteiger partial charge in [0.15, 0.2) is 11.5 Å². The van der Waals surface area contributed by atoms with Crippen molar-refractivity contribution in [3.63, 3.8) is 0 Å². The van der Waals surface area contributed by atoms with Crippen molar-refractivity contribution in [2.75, 3.05) is 14.2 Å². The van der Waals surface area contributed by atoms with Crippen LogP contribution in [0.2, 0.25) is 0 Å². The first-order valence-electron chi connectivity index (χ1n) is 6.00. The molecule has 0 atom stereocenters. The second-order valence-corrected chi connectivity index (χ2v) is 4.37. The number of benzene rings is 1. The van der Waals surface area contributed by atoms with Crippen LogP contribution in [0.1, 0.15) is 12.5 Å². The van der Waals surface area contributed by atoms with Crippen molar-refractivity contribution >= 4 is 12.2 Å². The number of ether oxygens (including phenoxy) is 2. The highest BCUT2D eigenvalue weighted by atomic mass is 32.1. The van der Waals surface area contributed by atoms with Gasteiger partial charge < -0.3 is 14.5 Å². The molecule has 1 aromatic carbocycles. The van der Waals surface area contributed by atoms with E-state index in [1.54, 1.807) is 20.5 Å². The molecule has 1 heterocycles. The first-order valence-corrected chi connectivity index (χ1v) is 6.41. The molecular weight excluding hydrogens is 260 g/mol. The van der Waals surface area contributed by atoms with Gasteiger partial charge in [-0.3, -0.25) is 0 Å². The number of H-pyrrole nitrogens is 1. The Morgan fingerprint density at radius 2 is 1.95 bits per heavy atom. The molecule has 100 valence electrons. The predicted octanol–water partition coefficient (Wildman–Crippen LogP) is 3.39. The van der Waals surface area contributed by atoms with Gasteiger partial charge in [-0.05, 0) is 24.6 Å². The zero-order chi connectivity index (χ0) is 13.8. The Morgan fingerprint density at radius 3 is 2.58 bits per heavy atom. The molecule has 0 fully saturated rings. The zero-order valence-corrected chi connectivity index (χ0v) is 12.0. The van der Waals surface area contributed by atoms with Crippen LogP contribution >= 0.6 is 12.2 Å². The van der Waals surface area contributed by atoms with E-state index in [0.717, 1.165) is 23.2 Å². The minimum Gasteiger partial charge on any atom is -0.493 e. The average Bonchev–Trinajstić information content (AvgIpc) is 2.46. The Morgan fingerprint density at radius 1 is 1.21 bits per heavy atom. The topological polar surface area (TPSA) is 47.1 Å². The van der Waals surface area contributed by atoms with Crippen molar-refractivity contribution in [3.8, 4) is 22.8 Å². The van der Waals surface area contributed by atoms with Crippen molar-refractivity contribution in [3.05, 3.63) is 34.7 Å². The third-order valence-electron chi connectivity index (χ3n) is 2.98. The molecule has 1 aromatic heterocycles. The molecule has 0 saturated heterocycles. The molecule has 2 aromatic rings. The fraction of sp³-hybridized carbons (Fsp3) is 0.286. The minimum absolute atomic E-state index is 0.631. The largest absolute Gasteiger partial charge is 0.493 e. The number of nitrogens with one attached hydrogen (secondary N) is 1. The molecule has 2 rings (SSSR count). The van der Waals surface area contributed by atoms with Crippen LogP contribution in [0.25, 0.3) is 11.3 Å². The molecule has 4 nitrogen and oxygen atoms in total. The van der Waals surface area contributed by atoms with Crippen LogP contribution in [0.5, 0.6) is 11.5 Å². The highest BCUT2D eigenvalue weighted by Gasteiger charge is 2.10. The molecule has 0 aliphatic rings. The SMILES string of the molecule is CCc1c(-c2ccc(OC)c(OC)c2)[nH]cnc1=S. The number of hydrogen-bond donors (Lipinski definition) is 1. The van der Waals surface area contributed by atoms with Crippen molar-refractivity contribution in [2.24, 2.45) is 0 Å². The molecule has 1 N–H and O–H groups in total. The van der Waals surface area contributed by atoms with Gasteiger partial charge in [0.1, 0.15) is 4.64 Å². The van der Waals surface area contributed by atoms with Gasteiger partial charge in [-0.1, -0.05) is 19.1 Å². The molecule has 0 amide bonds. The number of methoxy groups -OCH3 is 2. The Bertz CT molecular complexity index is 638. The smallest absolute Gasteiger partial charge is 0.161 e. The van der Waals surface area contributed by atoms with Crippen LogP contribution in [0, 0.1) is 4.64 Å². The number of hydrogen-bond acceptors (Lipinski definition) is 4. The third-order valence-corrected chi connectivity index (χ3v) is 3.33. The van der Waals surface area contributed by atoms with Crippen molar-refractivity contribution in [1.29, 1.82) is 0 Å². The molecule has 0 unspecified atom stereocenters. The lowest BCUT2D eigenvalue weighted by Crippen LogP contribution is -1.96. The van der Waals surface area contributed by atoms with Crippen LogP contribution in [-0.4, -0.2) is 24.2 Å². The van der Waals surface area contributed by atoms with Crippen LogP contribution in [0.3, 0.4) is 0 Å². The van der Waals surface area contributed by atoms with E-state index in [1.165, 1.54) is 0 Å². The molecule has 0 spiro atoms. The number of nitrogens with zero attached hydrogens (tertiary/aromatic N) is 1. The molecular formula is C14H16N2O2S. The predicted molar refractivity (Wildman–Crippen MR) is 77.3 cm³/mol. The molecule has 19 heavy (non-hydrogen) atoms. The minimum atomic E-state index is 0.631. The summed E-state index contributed by atoms with van der Waals surface area (Å²) in [5.74, 6) is 1.40. The van der Waals surface area contributed by atoms with Crippen LogP contribution in [0.4, 0.5) is 0 Å². The summed E-state index contributed by atoms with van der Waals surface area (Å²) in [6, 6.07) is 5.78. The van der Waals surface area contributed by atoms with E-state index in [2.05, 4.69) is 16.9 Å². The number of aromatic amines is 1. The zero-order valence-electron chi connectivity index (χ0n) is 11.2. The summed E-state index contributed by atoms with van der Waals surface area (Å²) in [6.45, 7) is 2.06. The normalized spacial score (nSPS) is 10.3. The second-order valence-electron chi connectivity index (χ2n) is 3.98. The van der Waals surface area contributed by atoms with E-state index in [0.29, 0.717) is 16.1 Å². The van der Waals surface area contributed by atoms with Gasteiger partial charge in [0, 0.05) is 11.1 Å². The Balaban J connectivity index is 2.59. The quantitative estimate of drug-likeness (QED) is 0.870. The maximum atomic E-state index is 5.32. The van der Waals surface area contributed by atoms with E-state index in [1.807, 2.05) is 18.2 Å². The Hall–Kier alpha value is -1.88. The fourth-order valence-corrected chi connectivity index (χ4v) is 2.30. The van der Waals surface area contributed by atoms with Gasteiger partial charge in [-0.25, -0.2) is 4.98 Å². The number of rotatable bonds is 4. The summed E-state index contributed by atoms with van der Waals surface area (Å²) in [5, 5.41) is 0. The molecule has 0 saturated carbocycles. The third kappa shape index (κ3) is 2.61. The van der Waals surface area contributed by atoms with Gasteiger partial charge in [-0.2, -0.15) is 0 Å². The van der Waals surface area contributed by atoms with Crippen molar-refractivity contribution in [2.45, 2.75) is 13.3 Å². The summed E-state index contributed by atoms with van der Waals surface area (Å²) in [7, 11) is 3.24. The van der Waals surface area contributed by atoms with Gasteiger partial charge in [0.25, 0.3) is 0 Å². The lowest BCUT2D eigenvalue weighted by atomic mass is 10.1.